The normalized spacial score (nSPS) is 15.7. The maximum Gasteiger partial charge on any atom is 0.270 e. The summed E-state index contributed by atoms with van der Waals surface area (Å²) in [7, 11) is 0. The zero-order chi connectivity index (χ0) is 14.8. The molecule has 0 atom stereocenters. The fourth-order valence-corrected chi connectivity index (χ4v) is 3.34. The monoisotopic (exact) mass is 286 g/mol. The molecular formula is C16H22N4O. The van der Waals surface area contributed by atoms with E-state index < -0.39 is 0 Å². The molecule has 5 nitrogen and oxygen atoms in total. The molecule has 1 saturated carbocycles. The number of hydrogen-bond donors (Lipinski definition) is 0. The molecule has 0 saturated heterocycles. The van der Waals surface area contributed by atoms with Gasteiger partial charge in [-0.1, -0.05) is 12.8 Å². The van der Waals surface area contributed by atoms with E-state index >= 15 is 0 Å². The molecule has 0 aromatic carbocycles. The average Bonchev–Trinajstić information content (AvgIpc) is 3.14. The summed E-state index contributed by atoms with van der Waals surface area (Å²) in [5.41, 5.74) is 1.66. The lowest BCUT2D eigenvalue weighted by atomic mass is 10.2. The number of nitrogens with zero attached hydrogens (tertiary/aromatic N) is 4. The highest BCUT2D eigenvalue weighted by molar-refractivity contribution is 5.97. The molecule has 112 valence electrons. The molecule has 3 rings (SSSR count). The average molecular weight is 286 g/mol. The van der Waals surface area contributed by atoms with Gasteiger partial charge in [-0.3, -0.25) is 4.79 Å². The standard InChI is InChI=1S/C16H22N4O/c1-3-19(4-2)16(21)14-9-12-10-17-11-18-15(12)20(14)13-7-5-6-8-13/h9-11,13H,3-8H2,1-2H3. The van der Waals surface area contributed by atoms with Gasteiger partial charge in [0.15, 0.2) is 0 Å². The molecule has 2 heterocycles. The second kappa shape index (κ2) is 5.84. The number of amides is 1. The van der Waals surface area contributed by atoms with Gasteiger partial charge in [-0.25, -0.2) is 9.97 Å². The second-order valence-corrected chi connectivity index (χ2v) is 5.62. The highest BCUT2D eigenvalue weighted by Crippen LogP contribution is 2.34. The number of carbonyl (C=O) groups excluding carboxylic acids is 1. The van der Waals surface area contributed by atoms with Crippen LogP contribution in [-0.4, -0.2) is 38.4 Å². The van der Waals surface area contributed by atoms with Crippen molar-refractivity contribution in [2.45, 2.75) is 45.6 Å². The van der Waals surface area contributed by atoms with Crippen LogP contribution in [0.5, 0.6) is 0 Å². The van der Waals surface area contributed by atoms with Crippen molar-refractivity contribution in [1.29, 1.82) is 0 Å². The summed E-state index contributed by atoms with van der Waals surface area (Å²) in [4.78, 5) is 23.2. The highest BCUT2D eigenvalue weighted by atomic mass is 16.2. The van der Waals surface area contributed by atoms with E-state index in [0.717, 1.165) is 42.7 Å². The zero-order valence-corrected chi connectivity index (χ0v) is 12.7. The first-order valence-corrected chi connectivity index (χ1v) is 7.86. The first kappa shape index (κ1) is 14.0. The molecule has 2 aromatic heterocycles. The number of carbonyl (C=O) groups is 1. The summed E-state index contributed by atoms with van der Waals surface area (Å²) in [5, 5.41) is 0.958. The summed E-state index contributed by atoms with van der Waals surface area (Å²) in [5.74, 6) is 0.102. The van der Waals surface area contributed by atoms with Crippen LogP contribution in [0.2, 0.25) is 0 Å². The zero-order valence-electron chi connectivity index (χ0n) is 12.7. The van der Waals surface area contributed by atoms with Crippen molar-refractivity contribution in [3.8, 4) is 0 Å². The summed E-state index contributed by atoms with van der Waals surface area (Å²) in [6.07, 6.45) is 8.09. The van der Waals surface area contributed by atoms with Crippen molar-refractivity contribution in [1.82, 2.24) is 19.4 Å². The fraction of sp³-hybridized carbons (Fsp3) is 0.562. The Hall–Kier alpha value is -1.91. The van der Waals surface area contributed by atoms with Crippen LogP contribution in [0.3, 0.4) is 0 Å². The molecule has 0 spiro atoms. The molecule has 0 radical (unpaired) electrons. The molecule has 0 aliphatic heterocycles. The molecule has 1 aliphatic carbocycles. The maximum absolute atomic E-state index is 12.8. The molecule has 5 heteroatoms. The van der Waals surface area contributed by atoms with Gasteiger partial charge < -0.3 is 9.47 Å². The molecule has 0 N–H and O–H groups in total. The van der Waals surface area contributed by atoms with Gasteiger partial charge in [0.2, 0.25) is 0 Å². The Morgan fingerprint density at radius 3 is 2.71 bits per heavy atom. The Bertz CT molecular complexity index is 639. The number of rotatable bonds is 4. The summed E-state index contributed by atoms with van der Waals surface area (Å²) < 4.78 is 2.16. The molecule has 1 fully saturated rings. The van der Waals surface area contributed by atoms with Gasteiger partial charge >= 0.3 is 0 Å². The molecule has 0 bridgehead atoms. The van der Waals surface area contributed by atoms with Crippen LogP contribution < -0.4 is 0 Å². The largest absolute Gasteiger partial charge is 0.338 e. The van der Waals surface area contributed by atoms with E-state index in [1.807, 2.05) is 24.8 Å². The van der Waals surface area contributed by atoms with Crippen molar-refractivity contribution in [2.75, 3.05) is 13.1 Å². The SMILES string of the molecule is CCN(CC)C(=O)c1cc2cncnc2n1C1CCCC1. The Morgan fingerprint density at radius 1 is 1.33 bits per heavy atom. The van der Waals surface area contributed by atoms with Crippen molar-refractivity contribution in [3.05, 3.63) is 24.3 Å². The lowest BCUT2D eigenvalue weighted by molar-refractivity contribution is 0.0760. The summed E-state index contributed by atoms with van der Waals surface area (Å²) >= 11 is 0. The van der Waals surface area contributed by atoms with E-state index in [1.165, 1.54) is 12.8 Å². The maximum atomic E-state index is 12.8. The van der Waals surface area contributed by atoms with Crippen LogP contribution in [0.15, 0.2) is 18.6 Å². The van der Waals surface area contributed by atoms with Crippen molar-refractivity contribution < 1.29 is 4.79 Å². The van der Waals surface area contributed by atoms with Gasteiger partial charge in [0.25, 0.3) is 5.91 Å². The van der Waals surface area contributed by atoms with Crippen LogP contribution in [0.1, 0.15) is 56.1 Å². The Morgan fingerprint density at radius 2 is 2.05 bits per heavy atom. The van der Waals surface area contributed by atoms with E-state index in [9.17, 15) is 4.79 Å². The first-order chi connectivity index (χ1) is 10.3. The minimum Gasteiger partial charge on any atom is -0.338 e. The van der Waals surface area contributed by atoms with Crippen LogP contribution in [0, 0.1) is 0 Å². The molecule has 1 aliphatic rings. The molecule has 1 amide bonds. The van der Waals surface area contributed by atoms with Gasteiger partial charge in [-0.2, -0.15) is 0 Å². The quantitative estimate of drug-likeness (QED) is 0.868. The fourth-order valence-electron chi connectivity index (χ4n) is 3.34. The van der Waals surface area contributed by atoms with E-state index in [-0.39, 0.29) is 5.91 Å². The van der Waals surface area contributed by atoms with E-state index in [4.69, 9.17) is 0 Å². The minimum atomic E-state index is 0.102. The Balaban J connectivity index is 2.12. The van der Waals surface area contributed by atoms with E-state index in [1.54, 1.807) is 12.5 Å². The second-order valence-electron chi connectivity index (χ2n) is 5.62. The third kappa shape index (κ3) is 2.41. The van der Waals surface area contributed by atoms with Gasteiger partial charge in [0.1, 0.15) is 17.7 Å². The third-order valence-corrected chi connectivity index (χ3v) is 4.46. The van der Waals surface area contributed by atoms with E-state index in [0.29, 0.717) is 6.04 Å². The van der Waals surface area contributed by atoms with Crippen LogP contribution in [0.4, 0.5) is 0 Å². The van der Waals surface area contributed by atoms with Crippen LogP contribution in [-0.2, 0) is 0 Å². The van der Waals surface area contributed by atoms with E-state index in [2.05, 4.69) is 14.5 Å². The topological polar surface area (TPSA) is 51.0 Å². The van der Waals surface area contributed by atoms with Crippen molar-refractivity contribution in [2.24, 2.45) is 0 Å². The van der Waals surface area contributed by atoms with Crippen molar-refractivity contribution in [3.63, 3.8) is 0 Å². The highest BCUT2D eigenvalue weighted by Gasteiger charge is 2.26. The van der Waals surface area contributed by atoms with Gasteiger partial charge in [0.05, 0.1) is 0 Å². The Labute approximate surface area is 125 Å². The lowest BCUT2D eigenvalue weighted by Gasteiger charge is -2.22. The Kier molecular flexibility index (Phi) is 3.90. The minimum absolute atomic E-state index is 0.102. The van der Waals surface area contributed by atoms with Crippen molar-refractivity contribution >= 4 is 16.9 Å². The predicted octanol–water partition coefficient (Wildman–Crippen LogP) is 3.03. The molecule has 0 unspecified atom stereocenters. The number of aromatic nitrogens is 3. The van der Waals surface area contributed by atoms with Crippen LogP contribution >= 0.6 is 0 Å². The molecular weight excluding hydrogens is 264 g/mol. The van der Waals surface area contributed by atoms with Crippen LogP contribution in [0.25, 0.3) is 11.0 Å². The summed E-state index contributed by atoms with van der Waals surface area (Å²) in [6.45, 7) is 5.49. The van der Waals surface area contributed by atoms with Gasteiger partial charge in [0, 0.05) is 30.7 Å². The smallest absolute Gasteiger partial charge is 0.270 e. The predicted molar refractivity (Wildman–Crippen MR) is 82.3 cm³/mol. The lowest BCUT2D eigenvalue weighted by Crippen LogP contribution is -2.32. The van der Waals surface area contributed by atoms with Gasteiger partial charge in [-0.15, -0.1) is 0 Å². The summed E-state index contributed by atoms with van der Waals surface area (Å²) in [6, 6.07) is 2.35. The number of fused-ring (bicyclic) bond motifs is 1. The first-order valence-electron chi connectivity index (χ1n) is 7.86. The third-order valence-electron chi connectivity index (χ3n) is 4.46. The van der Waals surface area contributed by atoms with Gasteiger partial charge in [-0.05, 0) is 32.8 Å². The molecule has 21 heavy (non-hydrogen) atoms. The molecule has 2 aromatic rings. The number of hydrogen-bond acceptors (Lipinski definition) is 3.